The molecule has 3 N–H and O–H groups in total. The number of aromatic carboxylic acids is 1. The van der Waals surface area contributed by atoms with Gasteiger partial charge < -0.3 is 20.5 Å². The maximum Gasteiger partial charge on any atom is 0.407 e. The number of benzene rings is 2. The first kappa shape index (κ1) is 24.4. The number of rotatable bonds is 9. The van der Waals surface area contributed by atoms with Gasteiger partial charge in [0.05, 0.1) is 5.69 Å². The molecule has 4 rings (SSSR count). The van der Waals surface area contributed by atoms with E-state index in [4.69, 9.17) is 4.74 Å². The molecule has 0 fully saturated rings. The highest BCUT2D eigenvalue weighted by Crippen LogP contribution is 2.44. The van der Waals surface area contributed by atoms with Gasteiger partial charge in [0.25, 0.3) is 0 Å². The van der Waals surface area contributed by atoms with Gasteiger partial charge in [-0.15, -0.1) is 0 Å². The molecule has 1 aromatic heterocycles. The minimum atomic E-state index is -1.13. The first-order valence-corrected chi connectivity index (χ1v) is 12.2. The summed E-state index contributed by atoms with van der Waals surface area (Å²) in [6.07, 6.45) is 0.262. The van der Waals surface area contributed by atoms with Crippen LogP contribution in [-0.4, -0.2) is 40.6 Å². The van der Waals surface area contributed by atoms with Crippen molar-refractivity contribution >= 4 is 34.5 Å². The van der Waals surface area contributed by atoms with Crippen LogP contribution in [0.1, 0.15) is 52.9 Å². The lowest BCUT2D eigenvalue weighted by Crippen LogP contribution is -2.32. The number of amides is 2. The van der Waals surface area contributed by atoms with Crippen molar-refractivity contribution in [3.8, 4) is 11.1 Å². The molecule has 0 saturated heterocycles. The SMILES string of the molecule is CCC(CNC(=O)OCC1c2ccccc2-c2ccccc21)CC(=O)Nc1snc(C)c1C(=O)O. The molecule has 1 aliphatic carbocycles. The molecule has 2 amide bonds. The van der Waals surface area contributed by atoms with Crippen LogP contribution < -0.4 is 10.6 Å². The van der Waals surface area contributed by atoms with E-state index in [0.29, 0.717) is 12.1 Å². The fourth-order valence-corrected chi connectivity index (χ4v) is 5.19. The molecule has 0 aliphatic heterocycles. The van der Waals surface area contributed by atoms with Crippen molar-refractivity contribution in [3.05, 3.63) is 70.9 Å². The standard InChI is InChI=1S/C26H27N3O5S/c1-3-16(12-22(30)28-24-23(25(31)32)15(2)29-35-24)13-27-26(33)34-14-21-19-10-6-4-8-17(19)18-9-5-7-11-20(18)21/h4-11,16,21H,3,12-14H2,1-2H3,(H,27,33)(H,28,30)(H,31,32). The van der Waals surface area contributed by atoms with Crippen LogP contribution in [0.15, 0.2) is 48.5 Å². The Morgan fingerprint density at radius 2 is 1.71 bits per heavy atom. The second-order valence-corrected chi connectivity index (χ2v) is 9.28. The molecule has 2 aromatic carbocycles. The monoisotopic (exact) mass is 493 g/mol. The van der Waals surface area contributed by atoms with Crippen LogP contribution >= 0.6 is 11.5 Å². The quantitative estimate of drug-likeness (QED) is 0.384. The van der Waals surface area contributed by atoms with E-state index in [1.54, 1.807) is 6.92 Å². The molecule has 182 valence electrons. The molecule has 1 atom stereocenters. The van der Waals surface area contributed by atoms with Gasteiger partial charge in [-0.1, -0.05) is 61.9 Å². The summed E-state index contributed by atoms with van der Waals surface area (Å²) in [5.41, 5.74) is 4.98. The Labute approximate surface area is 207 Å². The molecule has 0 saturated carbocycles. The fourth-order valence-electron chi connectivity index (χ4n) is 4.38. The topological polar surface area (TPSA) is 118 Å². The summed E-state index contributed by atoms with van der Waals surface area (Å²) in [7, 11) is 0. The number of alkyl carbamates (subject to hydrolysis) is 1. The second-order valence-electron chi connectivity index (χ2n) is 8.51. The summed E-state index contributed by atoms with van der Waals surface area (Å²) in [5, 5.41) is 14.9. The van der Waals surface area contributed by atoms with Crippen molar-refractivity contribution in [3.63, 3.8) is 0 Å². The van der Waals surface area contributed by atoms with Crippen molar-refractivity contribution < 1.29 is 24.2 Å². The van der Waals surface area contributed by atoms with Gasteiger partial charge in [0.15, 0.2) is 0 Å². The Morgan fingerprint density at radius 1 is 1.09 bits per heavy atom. The Kier molecular flexibility index (Phi) is 7.45. The van der Waals surface area contributed by atoms with Crippen LogP contribution in [0.25, 0.3) is 11.1 Å². The van der Waals surface area contributed by atoms with Crippen LogP contribution in [0.2, 0.25) is 0 Å². The smallest absolute Gasteiger partial charge is 0.407 e. The Hall–Kier alpha value is -3.72. The summed E-state index contributed by atoms with van der Waals surface area (Å²) < 4.78 is 9.56. The normalized spacial score (nSPS) is 13.0. The highest BCUT2D eigenvalue weighted by Gasteiger charge is 2.29. The number of fused-ring (bicyclic) bond motifs is 3. The molecular weight excluding hydrogens is 466 g/mol. The van der Waals surface area contributed by atoms with Crippen LogP contribution in [0, 0.1) is 12.8 Å². The highest BCUT2D eigenvalue weighted by atomic mass is 32.1. The van der Waals surface area contributed by atoms with Gasteiger partial charge in [-0.3, -0.25) is 4.79 Å². The maximum absolute atomic E-state index is 12.5. The van der Waals surface area contributed by atoms with Gasteiger partial charge in [-0.25, -0.2) is 9.59 Å². The minimum absolute atomic E-state index is 0.00756. The van der Waals surface area contributed by atoms with Gasteiger partial charge in [-0.2, -0.15) is 4.37 Å². The number of carboxylic acids is 1. The number of hydrogen-bond donors (Lipinski definition) is 3. The van der Waals surface area contributed by atoms with Gasteiger partial charge in [0, 0.05) is 18.9 Å². The van der Waals surface area contributed by atoms with Crippen LogP contribution in [0.4, 0.5) is 9.80 Å². The molecule has 1 aliphatic rings. The van der Waals surface area contributed by atoms with E-state index in [1.807, 2.05) is 31.2 Å². The number of carboxylic acid groups (broad SMARTS) is 1. The third-order valence-corrected chi connectivity index (χ3v) is 7.11. The van der Waals surface area contributed by atoms with E-state index in [2.05, 4.69) is 39.3 Å². The van der Waals surface area contributed by atoms with Crippen molar-refractivity contribution in [1.82, 2.24) is 9.69 Å². The van der Waals surface area contributed by atoms with Gasteiger partial charge in [0.1, 0.15) is 17.2 Å². The third-order valence-electron chi connectivity index (χ3n) is 6.26. The zero-order valence-electron chi connectivity index (χ0n) is 19.5. The third kappa shape index (κ3) is 5.35. The Morgan fingerprint density at radius 3 is 2.31 bits per heavy atom. The highest BCUT2D eigenvalue weighted by molar-refractivity contribution is 7.11. The number of ether oxygens (including phenoxy) is 1. The molecule has 0 radical (unpaired) electrons. The largest absolute Gasteiger partial charge is 0.478 e. The molecule has 1 unspecified atom stereocenters. The molecule has 8 nitrogen and oxygen atoms in total. The number of nitrogens with one attached hydrogen (secondary N) is 2. The number of anilines is 1. The summed E-state index contributed by atoms with van der Waals surface area (Å²) in [4.78, 5) is 36.3. The summed E-state index contributed by atoms with van der Waals surface area (Å²) >= 11 is 0.942. The first-order valence-electron chi connectivity index (χ1n) is 11.5. The molecule has 35 heavy (non-hydrogen) atoms. The lowest BCUT2D eigenvalue weighted by molar-refractivity contribution is -0.117. The van der Waals surface area contributed by atoms with Crippen molar-refractivity contribution in [2.24, 2.45) is 5.92 Å². The van der Waals surface area contributed by atoms with Crippen molar-refractivity contribution in [2.75, 3.05) is 18.5 Å². The van der Waals surface area contributed by atoms with E-state index in [0.717, 1.165) is 33.8 Å². The van der Waals surface area contributed by atoms with E-state index in [1.165, 1.54) is 0 Å². The maximum atomic E-state index is 12.5. The van der Waals surface area contributed by atoms with Crippen LogP contribution in [-0.2, 0) is 9.53 Å². The number of carbonyl (C=O) groups excluding carboxylic acids is 2. The second kappa shape index (κ2) is 10.7. The molecular formula is C26H27N3O5S. The first-order chi connectivity index (χ1) is 16.9. The Balaban J connectivity index is 1.29. The minimum Gasteiger partial charge on any atom is -0.478 e. The van der Waals surface area contributed by atoms with Crippen LogP contribution in [0.5, 0.6) is 0 Å². The molecule has 3 aromatic rings. The van der Waals surface area contributed by atoms with Crippen molar-refractivity contribution in [1.29, 1.82) is 0 Å². The lowest BCUT2D eigenvalue weighted by atomic mass is 9.98. The average Bonchev–Trinajstić information content (AvgIpc) is 3.37. The number of nitrogens with zero attached hydrogens (tertiary/aromatic N) is 1. The predicted molar refractivity (Wildman–Crippen MR) is 134 cm³/mol. The molecule has 9 heteroatoms. The van der Waals surface area contributed by atoms with Gasteiger partial charge >= 0.3 is 12.1 Å². The van der Waals surface area contributed by atoms with E-state index in [-0.39, 0.29) is 47.9 Å². The fraction of sp³-hybridized carbons (Fsp3) is 0.308. The summed E-state index contributed by atoms with van der Waals surface area (Å²) in [6, 6.07) is 16.3. The van der Waals surface area contributed by atoms with Gasteiger partial charge in [-0.05, 0) is 46.6 Å². The predicted octanol–water partition coefficient (Wildman–Crippen LogP) is 5.04. The van der Waals surface area contributed by atoms with E-state index < -0.39 is 12.1 Å². The number of hydrogen-bond acceptors (Lipinski definition) is 6. The zero-order valence-corrected chi connectivity index (χ0v) is 20.4. The van der Waals surface area contributed by atoms with E-state index in [9.17, 15) is 19.5 Å². The number of aromatic nitrogens is 1. The summed E-state index contributed by atoms with van der Waals surface area (Å²) in [6.45, 7) is 4.01. The lowest BCUT2D eigenvalue weighted by Gasteiger charge is -2.17. The molecule has 1 heterocycles. The average molecular weight is 494 g/mol. The Bertz CT molecular complexity index is 1210. The van der Waals surface area contributed by atoms with Gasteiger partial charge in [0.2, 0.25) is 5.91 Å². The van der Waals surface area contributed by atoms with Crippen molar-refractivity contribution in [2.45, 2.75) is 32.6 Å². The summed E-state index contributed by atoms with van der Waals surface area (Å²) in [5.74, 6) is -1.60. The molecule has 0 bridgehead atoms. The van der Waals surface area contributed by atoms with E-state index >= 15 is 0 Å². The molecule has 0 spiro atoms. The van der Waals surface area contributed by atoms with Crippen LogP contribution in [0.3, 0.4) is 0 Å². The number of carbonyl (C=O) groups is 3. The zero-order chi connectivity index (χ0) is 24.9. The number of aryl methyl sites for hydroxylation is 1.